The van der Waals surface area contributed by atoms with E-state index >= 15 is 0 Å². The van der Waals surface area contributed by atoms with Gasteiger partial charge in [-0.3, -0.25) is 9.78 Å². The molecule has 1 fully saturated rings. The lowest BCUT2D eigenvalue weighted by Crippen LogP contribution is -2.07. The number of carbonyl (C=O) groups excluding carboxylic acids is 1. The molecular weight excluding hydrogens is 343 g/mol. The van der Waals surface area contributed by atoms with E-state index in [9.17, 15) is 14.3 Å². The first kappa shape index (κ1) is 15.8. The summed E-state index contributed by atoms with van der Waals surface area (Å²) in [5.74, 6) is -1.30. The minimum Gasteiger partial charge on any atom is -0.504 e. The summed E-state index contributed by atoms with van der Waals surface area (Å²) in [5, 5.41) is 10.0. The first-order chi connectivity index (χ1) is 12.0. The second-order valence-corrected chi connectivity index (χ2v) is 6.65. The summed E-state index contributed by atoms with van der Waals surface area (Å²) in [5.41, 5.74) is 8.85. The van der Waals surface area contributed by atoms with Crippen LogP contribution in [-0.2, 0) is 0 Å². The number of nitrogens with zero attached hydrogens (tertiary/aromatic N) is 1. The molecule has 1 saturated carbocycles. The van der Waals surface area contributed by atoms with Gasteiger partial charge >= 0.3 is 0 Å². The van der Waals surface area contributed by atoms with Crippen LogP contribution in [0.2, 0.25) is 5.02 Å². The minimum atomic E-state index is -0.800. The van der Waals surface area contributed by atoms with Gasteiger partial charge in [-0.2, -0.15) is 0 Å². The summed E-state index contributed by atoms with van der Waals surface area (Å²) in [4.78, 5) is 16.7. The summed E-state index contributed by atoms with van der Waals surface area (Å²) in [6.07, 6.45) is 3.30. The predicted octanol–water partition coefficient (Wildman–Crippen LogP) is 4.57. The number of aromatic nitrogens is 1. The molecule has 4 rings (SSSR count). The van der Waals surface area contributed by atoms with E-state index in [4.69, 9.17) is 17.3 Å². The topological polar surface area (TPSA) is 76.2 Å². The van der Waals surface area contributed by atoms with Crippen LogP contribution in [0.25, 0.3) is 22.0 Å². The van der Waals surface area contributed by atoms with Gasteiger partial charge in [-0.25, -0.2) is 4.39 Å². The van der Waals surface area contributed by atoms with Gasteiger partial charge in [0.15, 0.2) is 17.3 Å². The summed E-state index contributed by atoms with van der Waals surface area (Å²) < 4.78 is 13.8. The van der Waals surface area contributed by atoms with Crippen LogP contribution >= 0.6 is 11.6 Å². The van der Waals surface area contributed by atoms with E-state index in [1.54, 1.807) is 18.2 Å². The number of anilines is 1. The lowest BCUT2D eigenvalue weighted by Gasteiger charge is -2.10. The fourth-order valence-corrected chi connectivity index (χ4v) is 3.09. The molecule has 1 heterocycles. The van der Waals surface area contributed by atoms with Gasteiger partial charge in [0.05, 0.1) is 21.8 Å². The van der Waals surface area contributed by atoms with Crippen molar-refractivity contribution in [3.8, 4) is 16.9 Å². The first-order valence-corrected chi connectivity index (χ1v) is 8.24. The van der Waals surface area contributed by atoms with Crippen molar-refractivity contribution in [2.75, 3.05) is 5.73 Å². The fourth-order valence-electron chi connectivity index (χ4n) is 2.89. The molecule has 1 aliphatic rings. The van der Waals surface area contributed by atoms with E-state index in [1.165, 1.54) is 18.3 Å². The fraction of sp³-hybridized carbons (Fsp3) is 0.158. The zero-order valence-corrected chi connectivity index (χ0v) is 13.8. The van der Waals surface area contributed by atoms with Gasteiger partial charge in [0.1, 0.15) is 0 Å². The van der Waals surface area contributed by atoms with Crippen LogP contribution in [0.3, 0.4) is 0 Å². The summed E-state index contributed by atoms with van der Waals surface area (Å²) in [6, 6.07) is 7.95. The van der Waals surface area contributed by atoms with Crippen LogP contribution in [-0.4, -0.2) is 15.9 Å². The van der Waals surface area contributed by atoms with Crippen LogP contribution in [0.1, 0.15) is 23.2 Å². The highest BCUT2D eigenvalue weighted by molar-refractivity contribution is 6.32. The molecule has 25 heavy (non-hydrogen) atoms. The minimum absolute atomic E-state index is 0.0241. The molecule has 1 aromatic heterocycles. The van der Waals surface area contributed by atoms with E-state index in [0.717, 1.165) is 12.8 Å². The van der Waals surface area contributed by atoms with Crippen LogP contribution in [0.4, 0.5) is 10.1 Å². The number of fused-ring (bicyclic) bond motifs is 1. The van der Waals surface area contributed by atoms with Crippen molar-refractivity contribution in [2.45, 2.75) is 12.8 Å². The number of carbonyl (C=O) groups is 1. The number of Topliss-reactive ketones (excluding diaryl/α,β-unsaturated/α-hetero) is 1. The van der Waals surface area contributed by atoms with Gasteiger partial charge < -0.3 is 10.8 Å². The standard InChI is InChI=1S/C19H14ClFN2O2/c20-14-6-11(7-15(21)19(14)25)10-3-4-16-12(5-10)17(22)13(8-23-16)18(24)9-1-2-9/h3-9,25H,1-2H2,(H2,22,23). The van der Waals surface area contributed by atoms with Gasteiger partial charge in [0.25, 0.3) is 0 Å². The number of hydrogen-bond acceptors (Lipinski definition) is 4. The average Bonchev–Trinajstić information content (AvgIpc) is 3.44. The zero-order chi connectivity index (χ0) is 17.7. The average molecular weight is 357 g/mol. The zero-order valence-electron chi connectivity index (χ0n) is 13.1. The quantitative estimate of drug-likeness (QED) is 0.674. The Labute approximate surface area is 148 Å². The molecular formula is C19H14ClFN2O2. The molecule has 0 bridgehead atoms. The third-order valence-electron chi connectivity index (χ3n) is 4.47. The van der Waals surface area contributed by atoms with E-state index in [2.05, 4.69) is 4.98 Å². The highest BCUT2D eigenvalue weighted by Crippen LogP contribution is 2.37. The number of nitrogen functional groups attached to an aromatic ring is 1. The van der Waals surface area contributed by atoms with Gasteiger partial charge in [-0.05, 0) is 48.2 Å². The van der Waals surface area contributed by atoms with Crippen molar-refractivity contribution in [3.63, 3.8) is 0 Å². The molecule has 0 radical (unpaired) electrons. The highest BCUT2D eigenvalue weighted by Gasteiger charge is 2.32. The van der Waals surface area contributed by atoms with Crippen molar-refractivity contribution < 1.29 is 14.3 Å². The normalized spacial score (nSPS) is 14.0. The van der Waals surface area contributed by atoms with E-state index in [0.29, 0.717) is 33.3 Å². The smallest absolute Gasteiger partial charge is 0.170 e. The molecule has 3 aromatic rings. The molecule has 0 aliphatic heterocycles. The van der Waals surface area contributed by atoms with Crippen LogP contribution in [0.15, 0.2) is 36.5 Å². The second kappa shape index (κ2) is 5.70. The Hall–Kier alpha value is -2.66. The molecule has 126 valence electrons. The van der Waals surface area contributed by atoms with Crippen molar-refractivity contribution in [1.29, 1.82) is 0 Å². The molecule has 4 nitrogen and oxygen atoms in total. The molecule has 2 aromatic carbocycles. The van der Waals surface area contributed by atoms with Crippen LogP contribution < -0.4 is 5.73 Å². The van der Waals surface area contributed by atoms with Gasteiger partial charge in [0, 0.05) is 17.5 Å². The number of benzene rings is 2. The number of rotatable bonds is 3. The van der Waals surface area contributed by atoms with Crippen molar-refractivity contribution in [2.24, 2.45) is 5.92 Å². The number of hydrogen-bond donors (Lipinski definition) is 2. The van der Waals surface area contributed by atoms with Gasteiger partial charge in [0.2, 0.25) is 0 Å². The third-order valence-corrected chi connectivity index (χ3v) is 4.76. The SMILES string of the molecule is Nc1c(C(=O)C2CC2)cnc2ccc(-c3cc(F)c(O)c(Cl)c3)cc12. The van der Waals surface area contributed by atoms with Gasteiger partial charge in [-0.1, -0.05) is 17.7 Å². The summed E-state index contributed by atoms with van der Waals surface area (Å²) in [7, 11) is 0. The monoisotopic (exact) mass is 356 g/mol. The van der Waals surface area contributed by atoms with E-state index in [-0.39, 0.29) is 16.7 Å². The number of nitrogens with two attached hydrogens (primary N) is 1. The number of halogens is 2. The number of pyridine rings is 1. The lowest BCUT2D eigenvalue weighted by molar-refractivity contribution is 0.0968. The summed E-state index contributed by atoms with van der Waals surface area (Å²) in [6.45, 7) is 0. The molecule has 6 heteroatoms. The Morgan fingerprint density at radius 2 is 2.00 bits per heavy atom. The number of ketones is 1. The van der Waals surface area contributed by atoms with Gasteiger partial charge in [-0.15, -0.1) is 0 Å². The Morgan fingerprint density at radius 3 is 2.68 bits per heavy atom. The number of phenolic OH excluding ortho intramolecular Hbond substituents is 1. The Bertz CT molecular complexity index is 1010. The number of aromatic hydroxyl groups is 1. The molecule has 0 saturated heterocycles. The van der Waals surface area contributed by atoms with E-state index < -0.39 is 11.6 Å². The Morgan fingerprint density at radius 1 is 1.24 bits per heavy atom. The summed E-state index contributed by atoms with van der Waals surface area (Å²) >= 11 is 5.86. The second-order valence-electron chi connectivity index (χ2n) is 6.24. The maximum absolute atomic E-state index is 13.8. The van der Waals surface area contributed by atoms with Crippen LogP contribution in [0, 0.1) is 11.7 Å². The van der Waals surface area contributed by atoms with Crippen molar-refractivity contribution in [3.05, 3.63) is 52.9 Å². The highest BCUT2D eigenvalue weighted by atomic mass is 35.5. The molecule has 0 amide bonds. The molecule has 3 N–H and O–H groups in total. The number of phenols is 1. The maximum atomic E-state index is 13.8. The Kier molecular flexibility index (Phi) is 3.62. The lowest BCUT2D eigenvalue weighted by atomic mass is 9.99. The van der Waals surface area contributed by atoms with Crippen molar-refractivity contribution >= 4 is 34.0 Å². The van der Waals surface area contributed by atoms with Crippen molar-refractivity contribution in [1.82, 2.24) is 4.98 Å². The third kappa shape index (κ3) is 2.70. The Balaban J connectivity index is 1.86. The van der Waals surface area contributed by atoms with Crippen LogP contribution in [0.5, 0.6) is 5.75 Å². The van der Waals surface area contributed by atoms with E-state index in [1.807, 2.05) is 0 Å². The molecule has 0 unspecified atom stereocenters. The molecule has 0 atom stereocenters. The molecule has 1 aliphatic carbocycles. The first-order valence-electron chi connectivity index (χ1n) is 7.86. The maximum Gasteiger partial charge on any atom is 0.170 e. The predicted molar refractivity (Wildman–Crippen MR) is 95.3 cm³/mol. The molecule has 0 spiro atoms. The largest absolute Gasteiger partial charge is 0.504 e.